The van der Waals surface area contributed by atoms with Gasteiger partial charge < -0.3 is 18.6 Å². The van der Waals surface area contributed by atoms with Crippen LogP contribution in [0, 0.1) is 13.8 Å². The largest absolute Gasteiger partial charge is 0.483 e. The van der Waals surface area contributed by atoms with Gasteiger partial charge in [-0.05, 0) is 36.1 Å². The summed E-state index contributed by atoms with van der Waals surface area (Å²) in [5, 5.41) is 0. The van der Waals surface area contributed by atoms with Crippen molar-refractivity contribution in [2.75, 3.05) is 0 Å². The third-order valence-electron chi connectivity index (χ3n) is 6.96. The summed E-state index contributed by atoms with van der Waals surface area (Å²) in [5.74, 6) is 0.754. The molecule has 0 N–H and O–H groups in total. The van der Waals surface area contributed by atoms with E-state index in [1.54, 1.807) is 12.1 Å². The van der Waals surface area contributed by atoms with Crippen molar-refractivity contribution in [3.05, 3.63) is 164 Å². The molecule has 0 aliphatic carbocycles. The molecular weight excluding hydrogens is 500 g/mol. The fourth-order valence-electron chi connectivity index (χ4n) is 4.60. The number of pyridine rings is 2. The third-order valence-corrected chi connectivity index (χ3v) is 6.96. The Morgan fingerprint density at radius 2 is 0.875 bits per heavy atom. The highest BCUT2D eigenvalue weighted by atomic mass is 16.5. The fourth-order valence-corrected chi connectivity index (χ4v) is 4.60. The second kappa shape index (κ2) is 12.3. The van der Waals surface area contributed by atoms with Crippen molar-refractivity contribution in [3.8, 4) is 11.5 Å². The minimum absolute atomic E-state index is 0.122. The van der Waals surface area contributed by atoms with Crippen molar-refractivity contribution in [2.45, 2.75) is 40.2 Å². The first-order chi connectivity index (χ1) is 19.5. The molecule has 6 heteroatoms. The highest BCUT2D eigenvalue weighted by Crippen LogP contribution is 2.18. The summed E-state index contributed by atoms with van der Waals surface area (Å²) in [6.07, 6.45) is 3.61. The monoisotopic (exact) mass is 532 g/mol. The molecule has 40 heavy (non-hydrogen) atoms. The van der Waals surface area contributed by atoms with Crippen LogP contribution in [0.5, 0.6) is 11.5 Å². The zero-order valence-electron chi connectivity index (χ0n) is 22.7. The van der Waals surface area contributed by atoms with Gasteiger partial charge in [-0.1, -0.05) is 84.9 Å². The standard InChI is InChI=1S/C34H32N2O4/c1-25-33(39-23-29-9-5-3-6-10-29)31(37)17-19-35(25)21-27-13-15-28(16-14-27)22-36-20-18-32(38)34(26(36)2)40-24-30-11-7-4-8-12-30/h3-20H,21-24H2,1-2H3. The molecule has 5 rings (SSSR count). The minimum atomic E-state index is -0.122. The lowest BCUT2D eigenvalue weighted by molar-refractivity contribution is 0.297. The van der Waals surface area contributed by atoms with Gasteiger partial charge in [-0.3, -0.25) is 9.59 Å². The Kier molecular flexibility index (Phi) is 8.26. The third kappa shape index (κ3) is 6.41. The van der Waals surface area contributed by atoms with E-state index in [9.17, 15) is 9.59 Å². The van der Waals surface area contributed by atoms with Crippen LogP contribution in [-0.2, 0) is 26.3 Å². The number of nitrogens with zero attached hydrogens (tertiary/aromatic N) is 2. The number of benzene rings is 3. The Balaban J connectivity index is 1.26. The van der Waals surface area contributed by atoms with E-state index in [0.717, 1.165) is 33.6 Å². The van der Waals surface area contributed by atoms with Crippen LogP contribution in [0.3, 0.4) is 0 Å². The maximum Gasteiger partial charge on any atom is 0.223 e. The molecule has 6 nitrogen and oxygen atoms in total. The van der Waals surface area contributed by atoms with E-state index in [2.05, 4.69) is 24.3 Å². The van der Waals surface area contributed by atoms with Crippen LogP contribution in [0.1, 0.15) is 33.6 Å². The van der Waals surface area contributed by atoms with Gasteiger partial charge in [-0.15, -0.1) is 0 Å². The predicted molar refractivity (Wildman–Crippen MR) is 157 cm³/mol. The van der Waals surface area contributed by atoms with Crippen molar-refractivity contribution < 1.29 is 9.47 Å². The summed E-state index contributed by atoms with van der Waals surface area (Å²) < 4.78 is 15.9. The van der Waals surface area contributed by atoms with Gasteiger partial charge in [0.2, 0.25) is 10.9 Å². The number of hydrogen-bond donors (Lipinski definition) is 0. The first-order valence-corrected chi connectivity index (χ1v) is 13.3. The highest BCUT2D eigenvalue weighted by molar-refractivity contribution is 5.32. The molecule has 0 aliphatic heterocycles. The molecule has 2 heterocycles. The molecule has 0 aliphatic rings. The van der Waals surface area contributed by atoms with Crippen molar-refractivity contribution in [1.82, 2.24) is 9.13 Å². The molecule has 0 bridgehead atoms. The van der Waals surface area contributed by atoms with Gasteiger partial charge >= 0.3 is 0 Å². The predicted octanol–water partition coefficient (Wildman–Crippen LogP) is 5.88. The van der Waals surface area contributed by atoms with Gasteiger partial charge in [-0.25, -0.2) is 0 Å². The molecule has 2 aromatic heterocycles. The van der Waals surface area contributed by atoms with Gasteiger partial charge in [0, 0.05) is 37.6 Å². The topological polar surface area (TPSA) is 62.5 Å². The van der Waals surface area contributed by atoms with Crippen molar-refractivity contribution in [3.63, 3.8) is 0 Å². The van der Waals surface area contributed by atoms with Crippen LogP contribution in [0.2, 0.25) is 0 Å². The second-order valence-electron chi connectivity index (χ2n) is 9.81. The zero-order chi connectivity index (χ0) is 27.9. The maximum absolute atomic E-state index is 12.5. The number of ether oxygens (including phenoxy) is 2. The number of rotatable bonds is 10. The Hall–Kier alpha value is -4.84. The lowest BCUT2D eigenvalue weighted by atomic mass is 10.1. The average Bonchev–Trinajstić information content (AvgIpc) is 2.98. The molecule has 0 spiro atoms. The Bertz CT molecular complexity index is 1560. The van der Waals surface area contributed by atoms with Gasteiger partial charge in [-0.2, -0.15) is 0 Å². The van der Waals surface area contributed by atoms with Gasteiger partial charge in [0.15, 0.2) is 11.5 Å². The van der Waals surface area contributed by atoms with E-state index >= 15 is 0 Å². The van der Waals surface area contributed by atoms with Gasteiger partial charge in [0.1, 0.15) is 13.2 Å². The summed E-state index contributed by atoms with van der Waals surface area (Å²) in [5.41, 5.74) is 5.58. The van der Waals surface area contributed by atoms with Crippen LogP contribution in [-0.4, -0.2) is 9.13 Å². The van der Waals surface area contributed by atoms with Crippen LogP contribution < -0.4 is 20.3 Å². The molecule has 5 aromatic rings. The summed E-state index contributed by atoms with van der Waals surface area (Å²) in [7, 11) is 0. The molecular formula is C34H32N2O4. The first kappa shape index (κ1) is 26.8. The summed E-state index contributed by atoms with van der Waals surface area (Å²) in [6, 6.07) is 31.1. The SMILES string of the molecule is Cc1c(OCc2ccccc2)c(=O)ccn1Cc1ccc(Cn2ccc(=O)c(OCc3ccccc3)c2C)cc1. The smallest absolute Gasteiger partial charge is 0.223 e. The van der Waals surface area contributed by atoms with Crippen LogP contribution in [0.25, 0.3) is 0 Å². The molecule has 202 valence electrons. The zero-order valence-corrected chi connectivity index (χ0v) is 22.7. The minimum Gasteiger partial charge on any atom is -0.483 e. The summed E-state index contributed by atoms with van der Waals surface area (Å²) >= 11 is 0. The first-order valence-electron chi connectivity index (χ1n) is 13.3. The molecule has 0 unspecified atom stereocenters. The average molecular weight is 533 g/mol. The normalized spacial score (nSPS) is 10.8. The molecule has 3 aromatic carbocycles. The Morgan fingerprint density at radius 1 is 0.500 bits per heavy atom. The van der Waals surface area contributed by atoms with Gasteiger partial charge in [0.25, 0.3) is 0 Å². The van der Waals surface area contributed by atoms with Crippen molar-refractivity contribution in [1.29, 1.82) is 0 Å². The molecule has 0 amide bonds. The summed E-state index contributed by atoms with van der Waals surface area (Å²) in [6.45, 7) is 5.74. The lowest BCUT2D eigenvalue weighted by Crippen LogP contribution is -2.16. The van der Waals surface area contributed by atoms with E-state index in [0.29, 0.717) is 37.8 Å². The maximum atomic E-state index is 12.5. The van der Waals surface area contributed by atoms with Crippen molar-refractivity contribution >= 4 is 0 Å². The van der Waals surface area contributed by atoms with E-state index < -0.39 is 0 Å². The molecule has 0 atom stereocenters. The number of aromatic nitrogens is 2. The van der Waals surface area contributed by atoms with Crippen LogP contribution in [0.15, 0.2) is 119 Å². The van der Waals surface area contributed by atoms with Gasteiger partial charge in [0.05, 0.1) is 11.4 Å². The number of hydrogen-bond acceptors (Lipinski definition) is 4. The Labute approximate surface area is 233 Å². The van der Waals surface area contributed by atoms with E-state index in [-0.39, 0.29) is 10.9 Å². The van der Waals surface area contributed by atoms with Crippen molar-refractivity contribution in [2.24, 2.45) is 0 Å². The van der Waals surface area contributed by atoms with Crippen LogP contribution in [0.4, 0.5) is 0 Å². The molecule has 0 saturated carbocycles. The Morgan fingerprint density at radius 3 is 1.25 bits per heavy atom. The summed E-state index contributed by atoms with van der Waals surface area (Å²) in [4.78, 5) is 25.0. The fraction of sp³-hybridized carbons (Fsp3) is 0.176. The van der Waals surface area contributed by atoms with E-state index in [1.807, 2.05) is 96.0 Å². The molecule has 0 radical (unpaired) electrons. The lowest BCUT2D eigenvalue weighted by Gasteiger charge is -2.16. The van der Waals surface area contributed by atoms with E-state index in [1.165, 1.54) is 0 Å². The highest BCUT2D eigenvalue weighted by Gasteiger charge is 2.11. The van der Waals surface area contributed by atoms with E-state index in [4.69, 9.17) is 9.47 Å². The molecule has 0 saturated heterocycles. The van der Waals surface area contributed by atoms with Crippen LogP contribution >= 0.6 is 0 Å². The molecule has 0 fully saturated rings. The second-order valence-corrected chi connectivity index (χ2v) is 9.81. The quantitative estimate of drug-likeness (QED) is 0.225.